The molecular weight excluding hydrogens is 699 g/mol. The summed E-state index contributed by atoms with van der Waals surface area (Å²) in [6.45, 7) is 0. The highest BCUT2D eigenvalue weighted by molar-refractivity contribution is 6.16. The zero-order valence-electron chi connectivity index (χ0n) is 33.3. The standard InChI is InChI=1S/C57H49N/c1-3-15-38(16-4-1)40-27-32-43(33-28-40)58(44-34-29-41(30-35-44)39-17-5-2-6-18-39)54-37-53-56(49-24-10-9-23-48(49)54)55-45-20-8-7-19-42(45)31-36-52(55)57(53)50-25-13-11-21-46(50)47-22-12-14-26-51(47)57/h7-14,19-39H,1-6,15-18H2. The Bertz CT molecular complexity index is 2740. The average molecular weight is 748 g/mol. The van der Waals surface area contributed by atoms with Gasteiger partial charge in [0.1, 0.15) is 0 Å². The summed E-state index contributed by atoms with van der Waals surface area (Å²) in [5, 5.41) is 5.21. The highest BCUT2D eigenvalue weighted by Gasteiger charge is 2.52. The molecule has 1 nitrogen and oxygen atoms in total. The van der Waals surface area contributed by atoms with Gasteiger partial charge in [-0.1, -0.05) is 172 Å². The summed E-state index contributed by atoms with van der Waals surface area (Å²) in [7, 11) is 0. The molecule has 8 aromatic carbocycles. The van der Waals surface area contributed by atoms with Gasteiger partial charge in [0.2, 0.25) is 0 Å². The van der Waals surface area contributed by atoms with E-state index in [9.17, 15) is 0 Å². The van der Waals surface area contributed by atoms with Crippen molar-refractivity contribution in [3.63, 3.8) is 0 Å². The number of fused-ring (bicyclic) bond motifs is 14. The third-order valence-corrected chi connectivity index (χ3v) is 14.7. The first kappa shape index (κ1) is 34.1. The van der Waals surface area contributed by atoms with Crippen LogP contribution in [0, 0.1) is 0 Å². The van der Waals surface area contributed by atoms with Gasteiger partial charge >= 0.3 is 0 Å². The van der Waals surface area contributed by atoms with Crippen LogP contribution in [0.2, 0.25) is 0 Å². The maximum absolute atomic E-state index is 2.61. The lowest BCUT2D eigenvalue weighted by Crippen LogP contribution is -2.26. The molecule has 2 saturated carbocycles. The second kappa shape index (κ2) is 13.6. The van der Waals surface area contributed by atoms with Crippen molar-refractivity contribution in [2.75, 3.05) is 4.90 Å². The minimum absolute atomic E-state index is 0.456. The summed E-state index contributed by atoms with van der Waals surface area (Å²) in [4.78, 5) is 2.58. The van der Waals surface area contributed by atoms with E-state index in [0.29, 0.717) is 11.8 Å². The number of anilines is 3. The van der Waals surface area contributed by atoms with Gasteiger partial charge in [-0.2, -0.15) is 0 Å². The minimum atomic E-state index is -0.456. The molecular formula is C57H49N. The van der Waals surface area contributed by atoms with Gasteiger partial charge < -0.3 is 4.90 Å². The molecule has 0 bridgehead atoms. The molecule has 1 heteroatoms. The predicted molar refractivity (Wildman–Crippen MR) is 244 cm³/mol. The summed E-state index contributed by atoms with van der Waals surface area (Å²) in [5.74, 6) is 1.34. The van der Waals surface area contributed by atoms with E-state index in [1.807, 2.05) is 0 Å². The summed E-state index contributed by atoms with van der Waals surface area (Å²) in [6.07, 6.45) is 13.4. The molecule has 2 fully saturated rings. The number of rotatable bonds is 5. The van der Waals surface area contributed by atoms with E-state index < -0.39 is 5.41 Å². The summed E-state index contributed by atoms with van der Waals surface area (Å²) in [6, 6.07) is 63.6. The lowest BCUT2D eigenvalue weighted by atomic mass is 9.70. The molecule has 0 unspecified atom stereocenters. The molecule has 0 N–H and O–H groups in total. The van der Waals surface area contributed by atoms with Crippen LogP contribution in [-0.4, -0.2) is 0 Å². The third kappa shape index (κ3) is 5.02. The molecule has 4 aliphatic carbocycles. The maximum atomic E-state index is 2.61. The maximum Gasteiger partial charge on any atom is 0.0726 e. The van der Waals surface area contributed by atoms with Crippen LogP contribution in [0.5, 0.6) is 0 Å². The van der Waals surface area contributed by atoms with Crippen molar-refractivity contribution in [3.8, 4) is 22.3 Å². The molecule has 4 aliphatic rings. The highest BCUT2D eigenvalue weighted by Crippen LogP contribution is 2.65. The lowest BCUT2D eigenvalue weighted by Gasteiger charge is -2.33. The fraction of sp³-hybridized carbons (Fsp3) is 0.228. The molecule has 0 saturated heterocycles. The van der Waals surface area contributed by atoms with Crippen molar-refractivity contribution in [3.05, 3.63) is 197 Å². The Hall–Kier alpha value is -5.92. The number of nitrogens with zero attached hydrogens (tertiary/aromatic N) is 1. The number of hydrogen-bond donors (Lipinski definition) is 0. The Balaban J connectivity index is 1.15. The van der Waals surface area contributed by atoms with Crippen molar-refractivity contribution in [2.24, 2.45) is 0 Å². The molecule has 1 spiro atoms. The zero-order valence-corrected chi connectivity index (χ0v) is 33.3. The Kier molecular flexibility index (Phi) is 8.00. The van der Waals surface area contributed by atoms with Crippen LogP contribution in [0.3, 0.4) is 0 Å². The van der Waals surface area contributed by atoms with Crippen molar-refractivity contribution in [1.82, 2.24) is 0 Å². The topological polar surface area (TPSA) is 3.24 Å². The molecule has 58 heavy (non-hydrogen) atoms. The summed E-state index contributed by atoms with van der Waals surface area (Å²) >= 11 is 0. The van der Waals surface area contributed by atoms with Gasteiger partial charge in [0.25, 0.3) is 0 Å². The average Bonchev–Trinajstić information content (AvgIpc) is 3.78. The smallest absolute Gasteiger partial charge is 0.0726 e. The third-order valence-electron chi connectivity index (χ3n) is 14.7. The fourth-order valence-corrected chi connectivity index (χ4v) is 12.0. The Morgan fingerprint density at radius 2 is 0.862 bits per heavy atom. The van der Waals surface area contributed by atoms with Crippen molar-refractivity contribution < 1.29 is 0 Å². The van der Waals surface area contributed by atoms with Crippen LogP contribution in [-0.2, 0) is 5.41 Å². The van der Waals surface area contributed by atoms with E-state index in [1.165, 1.54) is 158 Å². The van der Waals surface area contributed by atoms with Crippen LogP contribution >= 0.6 is 0 Å². The summed E-state index contributed by atoms with van der Waals surface area (Å²) in [5.41, 5.74) is 17.2. The first-order valence-corrected chi connectivity index (χ1v) is 22.1. The van der Waals surface area contributed by atoms with E-state index in [0.717, 1.165) is 0 Å². The Morgan fingerprint density at radius 1 is 0.379 bits per heavy atom. The Labute approximate surface area is 343 Å². The van der Waals surface area contributed by atoms with Gasteiger partial charge in [0.05, 0.1) is 11.1 Å². The molecule has 0 radical (unpaired) electrons. The van der Waals surface area contributed by atoms with Crippen LogP contribution in [0.4, 0.5) is 17.1 Å². The number of benzene rings is 8. The van der Waals surface area contributed by atoms with Crippen molar-refractivity contribution in [1.29, 1.82) is 0 Å². The lowest BCUT2D eigenvalue weighted by molar-refractivity contribution is 0.443. The Morgan fingerprint density at radius 3 is 1.45 bits per heavy atom. The SMILES string of the molecule is c1ccc2c(c1)-c1ccccc1C21c2ccc3ccccc3c2-c2c1cc(N(c1ccc(C3CCCCC3)cc1)c1ccc(C3CCCCC3)cc1)c1ccccc21. The van der Waals surface area contributed by atoms with Crippen LogP contribution in [0.25, 0.3) is 43.8 Å². The molecule has 0 aliphatic heterocycles. The first-order valence-electron chi connectivity index (χ1n) is 22.1. The molecule has 282 valence electrons. The zero-order chi connectivity index (χ0) is 38.2. The van der Waals surface area contributed by atoms with Crippen LogP contribution in [0.15, 0.2) is 164 Å². The molecule has 0 aromatic heterocycles. The van der Waals surface area contributed by atoms with E-state index in [1.54, 1.807) is 0 Å². The second-order valence-electron chi connectivity index (χ2n) is 17.6. The van der Waals surface area contributed by atoms with Crippen molar-refractivity contribution in [2.45, 2.75) is 81.5 Å². The minimum Gasteiger partial charge on any atom is -0.310 e. The largest absolute Gasteiger partial charge is 0.310 e. The van der Waals surface area contributed by atoms with E-state index in [2.05, 4.69) is 169 Å². The summed E-state index contributed by atoms with van der Waals surface area (Å²) < 4.78 is 0. The van der Waals surface area contributed by atoms with Gasteiger partial charge in [-0.05, 0) is 140 Å². The molecule has 8 aromatic rings. The quantitative estimate of drug-likeness (QED) is 0.169. The number of hydrogen-bond acceptors (Lipinski definition) is 1. The second-order valence-corrected chi connectivity index (χ2v) is 17.6. The predicted octanol–water partition coefficient (Wildman–Crippen LogP) is 15.9. The van der Waals surface area contributed by atoms with E-state index in [-0.39, 0.29) is 0 Å². The van der Waals surface area contributed by atoms with Gasteiger partial charge in [-0.25, -0.2) is 0 Å². The highest BCUT2D eigenvalue weighted by atomic mass is 15.1. The van der Waals surface area contributed by atoms with E-state index in [4.69, 9.17) is 0 Å². The monoisotopic (exact) mass is 747 g/mol. The van der Waals surface area contributed by atoms with Crippen LogP contribution in [0.1, 0.15) is 109 Å². The molecule has 0 heterocycles. The molecule has 0 atom stereocenters. The van der Waals surface area contributed by atoms with E-state index >= 15 is 0 Å². The van der Waals surface area contributed by atoms with Gasteiger partial charge in [0, 0.05) is 16.8 Å². The normalized spacial score (nSPS) is 17.0. The fourth-order valence-electron chi connectivity index (χ4n) is 12.0. The van der Waals surface area contributed by atoms with Crippen molar-refractivity contribution >= 4 is 38.6 Å². The van der Waals surface area contributed by atoms with Gasteiger partial charge in [0.15, 0.2) is 0 Å². The molecule has 12 rings (SSSR count). The van der Waals surface area contributed by atoms with Gasteiger partial charge in [-0.15, -0.1) is 0 Å². The molecule has 0 amide bonds. The van der Waals surface area contributed by atoms with Gasteiger partial charge in [-0.3, -0.25) is 0 Å². The first-order chi connectivity index (χ1) is 28.8. The van der Waals surface area contributed by atoms with Crippen LogP contribution < -0.4 is 4.90 Å².